The number of nitrogens with one attached hydrogen (secondary N) is 1. The monoisotopic (exact) mass is 228 g/mol. The first-order valence-corrected chi connectivity index (χ1v) is 5.54. The molecule has 0 aromatic carbocycles. The maximum Gasteiger partial charge on any atom is 0.234 e. The zero-order chi connectivity index (χ0) is 11.5. The van der Waals surface area contributed by atoms with Crippen molar-refractivity contribution in [2.24, 2.45) is 5.73 Å². The number of nitrogens with two attached hydrogens (primary N) is 1. The molecule has 0 fully saturated rings. The zero-order valence-corrected chi connectivity index (χ0v) is 10.0. The highest BCUT2D eigenvalue weighted by Crippen LogP contribution is 2.24. The molecule has 3 N–H and O–H groups in total. The lowest BCUT2D eigenvalue weighted by Crippen LogP contribution is -2.29. The van der Waals surface area contributed by atoms with E-state index in [0.717, 1.165) is 10.0 Å². The molecule has 0 bridgehead atoms. The van der Waals surface area contributed by atoms with Crippen LogP contribution < -0.4 is 11.1 Å². The maximum absolute atomic E-state index is 10.9. The quantitative estimate of drug-likeness (QED) is 0.785. The average molecular weight is 228 g/mol. The van der Waals surface area contributed by atoms with Gasteiger partial charge in [-0.25, -0.2) is 0 Å². The van der Waals surface area contributed by atoms with Crippen molar-refractivity contribution in [2.45, 2.75) is 32.7 Å². The summed E-state index contributed by atoms with van der Waals surface area (Å²) in [6, 6.07) is 0. The SMILES string of the molecule is CC(C)(C)c1nnc(CNC(=O)CN)s1. The number of hydrogen-bond acceptors (Lipinski definition) is 5. The first-order chi connectivity index (χ1) is 6.93. The molecule has 84 valence electrons. The number of rotatable bonds is 3. The van der Waals surface area contributed by atoms with Crippen LogP contribution in [0.1, 0.15) is 30.8 Å². The van der Waals surface area contributed by atoms with Gasteiger partial charge in [-0.1, -0.05) is 32.1 Å². The van der Waals surface area contributed by atoms with Gasteiger partial charge in [-0.2, -0.15) is 0 Å². The van der Waals surface area contributed by atoms with Gasteiger partial charge in [0.15, 0.2) is 0 Å². The standard InChI is InChI=1S/C9H16N4OS/c1-9(2,3)8-13-12-7(15-8)5-11-6(14)4-10/h4-5,10H2,1-3H3,(H,11,14). The number of nitrogens with zero attached hydrogens (tertiary/aromatic N) is 2. The summed E-state index contributed by atoms with van der Waals surface area (Å²) in [7, 11) is 0. The zero-order valence-electron chi connectivity index (χ0n) is 9.20. The largest absolute Gasteiger partial charge is 0.348 e. The Kier molecular flexibility index (Phi) is 3.76. The lowest BCUT2D eigenvalue weighted by molar-refractivity contribution is -0.119. The Morgan fingerprint density at radius 1 is 1.47 bits per heavy atom. The predicted molar refractivity (Wildman–Crippen MR) is 59.5 cm³/mol. The number of carbonyl (C=O) groups excluding carboxylic acids is 1. The molecule has 0 aliphatic rings. The second-order valence-electron chi connectivity index (χ2n) is 4.23. The second-order valence-corrected chi connectivity index (χ2v) is 5.29. The van der Waals surface area contributed by atoms with Gasteiger partial charge in [0, 0.05) is 5.41 Å². The van der Waals surface area contributed by atoms with Crippen LogP contribution in [0.25, 0.3) is 0 Å². The fourth-order valence-corrected chi connectivity index (χ4v) is 1.71. The Morgan fingerprint density at radius 3 is 2.60 bits per heavy atom. The van der Waals surface area contributed by atoms with E-state index >= 15 is 0 Å². The number of aromatic nitrogens is 2. The fraction of sp³-hybridized carbons (Fsp3) is 0.667. The Balaban J connectivity index is 2.58. The third-order valence-electron chi connectivity index (χ3n) is 1.73. The van der Waals surface area contributed by atoms with Gasteiger partial charge in [-0.15, -0.1) is 10.2 Å². The van der Waals surface area contributed by atoms with Crippen molar-refractivity contribution in [3.05, 3.63) is 10.0 Å². The van der Waals surface area contributed by atoms with E-state index in [1.54, 1.807) is 0 Å². The molecule has 0 saturated heterocycles. The average Bonchev–Trinajstić information content (AvgIpc) is 2.61. The Bertz CT molecular complexity index is 342. The minimum atomic E-state index is -0.178. The number of carbonyl (C=O) groups is 1. The molecule has 0 radical (unpaired) electrons. The van der Waals surface area contributed by atoms with Gasteiger partial charge < -0.3 is 11.1 Å². The normalized spacial score (nSPS) is 11.5. The molecule has 1 rings (SSSR count). The molecule has 1 amide bonds. The van der Waals surface area contributed by atoms with E-state index in [1.165, 1.54) is 11.3 Å². The molecule has 0 atom stereocenters. The molecule has 1 heterocycles. The summed E-state index contributed by atoms with van der Waals surface area (Å²) in [4.78, 5) is 10.9. The van der Waals surface area contributed by atoms with Crippen LogP contribution in [-0.4, -0.2) is 22.6 Å². The van der Waals surface area contributed by atoms with Crippen molar-refractivity contribution in [1.82, 2.24) is 15.5 Å². The van der Waals surface area contributed by atoms with Gasteiger partial charge in [-0.3, -0.25) is 4.79 Å². The van der Waals surface area contributed by atoms with Gasteiger partial charge in [0.05, 0.1) is 13.1 Å². The number of amides is 1. The molecule has 1 aromatic rings. The van der Waals surface area contributed by atoms with Gasteiger partial charge >= 0.3 is 0 Å². The van der Waals surface area contributed by atoms with Crippen molar-refractivity contribution in [3.8, 4) is 0 Å². The molecular weight excluding hydrogens is 212 g/mol. The molecule has 0 aliphatic carbocycles. The molecule has 5 nitrogen and oxygen atoms in total. The lowest BCUT2D eigenvalue weighted by Gasteiger charge is -2.12. The smallest absolute Gasteiger partial charge is 0.234 e. The number of hydrogen-bond donors (Lipinski definition) is 2. The molecule has 15 heavy (non-hydrogen) atoms. The topological polar surface area (TPSA) is 80.9 Å². The van der Waals surface area contributed by atoms with E-state index in [1.807, 2.05) is 0 Å². The third-order valence-corrected chi connectivity index (χ3v) is 3.08. The van der Waals surface area contributed by atoms with E-state index in [0.29, 0.717) is 6.54 Å². The van der Waals surface area contributed by atoms with Crippen molar-refractivity contribution in [3.63, 3.8) is 0 Å². The van der Waals surface area contributed by atoms with Gasteiger partial charge in [0.25, 0.3) is 0 Å². The molecule has 0 saturated carbocycles. The van der Waals surface area contributed by atoms with Gasteiger partial charge in [-0.05, 0) is 0 Å². The van der Waals surface area contributed by atoms with E-state index in [4.69, 9.17) is 5.73 Å². The van der Waals surface area contributed by atoms with Crippen molar-refractivity contribution in [1.29, 1.82) is 0 Å². The highest BCUT2D eigenvalue weighted by molar-refractivity contribution is 7.11. The van der Waals surface area contributed by atoms with Crippen LogP contribution >= 0.6 is 11.3 Å². The van der Waals surface area contributed by atoms with Crippen LogP contribution in [0.2, 0.25) is 0 Å². The second kappa shape index (κ2) is 4.67. The summed E-state index contributed by atoms with van der Waals surface area (Å²) in [6.07, 6.45) is 0. The third kappa shape index (κ3) is 3.56. The van der Waals surface area contributed by atoms with Crippen LogP contribution in [0.3, 0.4) is 0 Å². The summed E-state index contributed by atoms with van der Waals surface area (Å²) in [5.41, 5.74) is 5.17. The van der Waals surface area contributed by atoms with Crippen LogP contribution in [0, 0.1) is 0 Å². The first-order valence-electron chi connectivity index (χ1n) is 4.73. The maximum atomic E-state index is 10.9. The summed E-state index contributed by atoms with van der Waals surface area (Å²) in [6.45, 7) is 6.65. The Morgan fingerprint density at radius 2 is 2.13 bits per heavy atom. The fourth-order valence-electron chi connectivity index (χ4n) is 0.874. The molecule has 1 aromatic heterocycles. The van der Waals surface area contributed by atoms with Crippen LogP contribution in [0.5, 0.6) is 0 Å². The predicted octanol–water partition coefficient (Wildman–Crippen LogP) is 0.411. The van der Waals surface area contributed by atoms with Crippen molar-refractivity contribution >= 4 is 17.2 Å². The van der Waals surface area contributed by atoms with Gasteiger partial charge in [0.1, 0.15) is 10.0 Å². The van der Waals surface area contributed by atoms with Crippen LogP contribution in [0.4, 0.5) is 0 Å². The minimum Gasteiger partial charge on any atom is -0.348 e. The Hall–Kier alpha value is -1.01. The summed E-state index contributed by atoms with van der Waals surface area (Å²) < 4.78 is 0. The molecule has 0 aliphatic heterocycles. The van der Waals surface area contributed by atoms with E-state index in [9.17, 15) is 4.79 Å². The Labute approximate surface area is 93.1 Å². The highest BCUT2D eigenvalue weighted by atomic mass is 32.1. The molecule has 0 spiro atoms. The van der Waals surface area contributed by atoms with Crippen LogP contribution in [-0.2, 0) is 16.8 Å². The minimum absolute atomic E-state index is 0.00489. The molecule has 6 heteroatoms. The summed E-state index contributed by atoms with van der Waals surface area (Å²) in [5.74, 6) is -0.178. The van der Waals surface area contributed by atoms with E-state index < -0.39 is 0 Å². The van der Waals surface area contributed by atoms with Gasteiger partial charge in [0.2, 0.25) is 5.91 Å². The van der Waals surface area contributed by atoms with Crippen molar-refractivity contribution < 1.29 is 4.79 Å². The lowest BCUT2D eigenvalue weighted by atomic mass is 9.98. The van der Waals surface area contributed by atoms with E-state index in [-0.39, 0.29) is 17.9 Å². The van der Waals surface area contributed by atoms with Crippen LogP contribution in [0.15, 0.2) is 0 Å². The summed E-state index contributed by atoms with van der Waals surface area (Å²) >= 11 is 1.51. The highest BCUT2D eigenvalue weighted by Gasteiger charge is 2.19. The summed E-state index contributed by atoms with van der Waals surface area (Å²) in [5, 5.41) is 12.5. The van der Waals surface area contributed by atoms with Crippen molar-refractivity contribution in [2.75, 3.05) is 6.54 Å². The first kappa shape index (κ1) is 12.1. The molecule has 0 unspecified atom stereocenters. The van der Waals surface area contributed by atoms with E-state index in [2.05, 4.69) is 36.3 Å². The molecular formula is C9H16N4OS.